The topological polar surface area (TPSA) is 46.2 Å². The minimum atomic E-state index is -3.20. The summed E-state index contributed by atoms with van der Waals surface area (Å²) in [5, 5.41) is 1.96. The predicted octanol–water partition coefficient (Wildman–Crippen LogP) is 2.85. The van der Waals surface area contributed by atoms with Gasteiger partial charge in [-0.15, -0.1) is 0 Å². The number of benzene rings is 1. The molecular weight excluding hydrogens is 284 g/mol. The Hall–Kier alpha value is -0.880. The normalized spacial score (nSPS) is 11.9. The summed E-state index contributed by atoms with van der Waals surface area (Å²) in [6.07, 6.45) is 0. The lowest BCUT2D eigenvalue weighted by Crippen LogP contribution is -2.23. The molecule has 0 aliphatic heterocycles. The first-order valence-corrected chi connectivity index (χ1v) is 7.43. The quantitative estimate of drug-likeness (QED) is 0.909. The van der Waals surface area contributed by atoms with Gasteiger partial charge in [0.05, 0.1) is 21.7 Å². The lowest BCUT2D eigenvalue weighted by molar-refractivity contribution is 0.582. The minimum absolute atomic E-state index is 0.0167. The van der Waals surface area contributed by atoms with Gasteiger partial charge in [-0.3, -0.25) is 0 Å². The van der Waals surface area contributed by atoms with Crippen molar-refractivity contribution in [1.82, 2.24) is 0 Å². The number of sulfone groups is 1. The summed E-state index contributed by atoms with van der Waals surface area (Å²) >= 11 is 5.66. The van der Waals surface area contributed by atoms with Crippen LogP contribution in [-0.2, 0) is 9.84 Å². The Labute approximate surface area is 110 Å². The van der Waals surface area contributed by atoms with Crippen molar-refractivity contribution in [3.8, 4) is 0 Å². The second-order valence-corrected chi connectivity index (χ2v) is 7.17. The highest BCUT2D eigenvalue weighted by molar-refractivity contribution is 7.92. The molecule has 0 aromatic heterocycles. The molecule has 102 valence electrons. The van der Waals surface area contributed by atoms with Gasteiger partial charge in [-0.1, -0.05) is 11.6 Å². The standard InChI is InChI=1S/C11H14ClF2NO2S/c1-7(2)18(16,17)4-3-15-11-9(12)5-8(13)6-10(11)14/h5-7,15H,3-4H2,1-2H3. The summed E-state index contributed by atoms with van der Waals surface area (Å²) in [6, 6.07) is 1.65. The zero-order valence-corrected chi connectivity index (χ0v) is 11.6. The summed E-state index contributed by atoms with van der Waals surface area (Å²) in [5.41, 5.74) is -0.0861. The van der Waals surface area contributed by atoms with E-state index in [1.807, 2.05) is 0 Å². The molecule has 1 aromatic rings. The molecule has 0 unspecified atom stereocenters. The van der Waals surface area contributed by atoms with E-state index in [4.69, 9.17) is 11.6 Å². The molecule has 18 heavy (non-hydrogen) atoms. The van der Waals surface area contributed by atoms with Crippen LogP contribution in [0.4, 0.5) is 14.5 Å². The van der Waals surface area contributed by atoms with Gasteiger partial charge in [-0.2, -0.15) is 0 Å². The van der Waals surface area contributed by atoms with Crippen LogP contribution < -0.4 is 5.32 Å². The van der Waals surface area contributed by atoms with Gasteiger partial charge in [0.25, 0.3) is 0 Å². The fourth-order valence-electron chi connectivity index (χ4n) is 1.27. The van der Waals surface area contributed by atoms with E-state index in [1.165, 1.54) is 0 Å². The maximum Gasteiger partial charge on any atom is 0.154 e. The third kappa shape index (κ3) is 3.81. The Morgan fingerprint density at radius 2 is 1.94 bits per heavy atom. The number of halogens is 3. The Morgan fingerprint density at radius 3 is 2.44 bits per heavy atom. The fraction of sp³-hybridized carbons (Fsp3) is 0.455. The van der Waals surface area contributed by atoms with Crippen LogP contribution >= 0.6 is 11.6 Å². The number of hydrogen-bond donors (Lipinski definition) is 1. The molecule has 1 aromatic carbocycles. The van der Waals surface area contributed by atoms with Crippen LogP contribution in [0.5, 0.6) is 0 Å². The maximum absolute atomic E-state index is 13.4. The first kappa shape index (κ1) is 15.2. The molecule has 0 radical (unpaired) electrons. The van der Waals surface area contributed by atoms with Gasteiger partial charge in [-0.05, 0) is 19.9 Å². The predicted molar refractivity (Wildman–Crippen MR) is 68.8 cm³/mol. The molecule has 1 rings (SSSR count). The SMILES string of the molecule is CC(C)S(=O)(=O)CCNc1c(F)cc(F)cc1Cl. The van der Waals surface area contributed by atoms with Crippen molar-refractivity contribution in [2.24, 2.45) is 0 Å². The summed E-state index contributed by atoms with van der Waals surface area (Å²) in [4.78, 5) is 0. The van der Waals surface area contributed by atoms with E-state index in [0.29, 0.717) is 6.07 Å². The third-order valence-electron chi connectivity index (χ3n) is 2.41. The molecule has 0 amide bonds. The van der Waals surface area contributed by atoms with Crippen LogP contribution in [-0.4, -0.2) is 26.0 Å². The van der Waals surface area contributed by atoms with Crippen LogP contribution in [0.2, 0.25) is 5.02 Å². The third-order valence-corrected chi connectivity index (χ3v) is 4.92. The zero-order valence-electron chi connectivity index (χ0n) is 10.0. The molecule has 3 nitrogen and oxygen atoms in total. The van der Waals surface area contributed by atoms with E-state index in [0.717, 1.165) is 6.07 Å². The highest BCUT2D eigenvalue weighted by Gasteiger charge is 2.16. The Kier molecular flexibility index (Phi) is 4.92. The van der Waals surface area contributed by atoms with Crippen molar-refractivity contribution in [1.29, 1.82) is 0 Å². The first-order valence-electron chi connectivity index (χ1n) is 5.34. The van der Waals surface area contributed by atoms with Gasteiger partial charge in [0.1, 0.15) is 5.82 Å². The molecule has 0 aliphatic rings. The van der Waals surface area contributed by atoms with Crippen LogP contribution in [0.1, 0.15) is 13.8 Å². The molecule has 1 N–H and O–H groups in total. The van der Waals surface area contributed by atoms with Crippen LogP contribution in [0.25, 0.3) is 0 Å². The lowest BCUT2D eigenvalue weighted by Gasteiger charge is -2.11. The lowest BCUT2D eigenvalue weighted by atomic mass is 10.3. The molecule has 0 fully saturated rings. The smallest absolute Gasteiger partial charge is 0.154 e. The van der Waals surface area contributed by atoms with Gasteiger partial charge in [0.15, 0.2) is 15.7 Å². The zero-order chi connectivity index (χ0) is 13.9. The van der Waals surface area contributed by atoms with Gasteiger partial charge in [-0.25, -0.2) is 17.2 Å². The molecule has 0 aliphatic carbocycles. The monoisotopic (exact) mass is 297 g/mol. The van der Waals surface area contributed by atoms with Gasteiger partial charge < -0.3 is 5.32 Å². The van der Waals surface area contributed by atoms with Crippen molar-refractivity contribution in [2.45, 2.75) is 19.1 Å². The maximum atomic E-state index is 13.4. The van der Waals surface area contributed by atoms with Crippen molar-refractivity contribution in [3.63, 3.8) is 0 Å². The molecule has 0 saturated heterocycles. The van der Waals surface area contributed by atoms with Crippen molar-refractivity contribution >= 4 is 27.1 Å². The van der Waals surface area contributed by atoms with Crippen LogP contribution in [0.15, 0.2) is 12.1 Å². The molecule has 0 saturated carbocycles. The number of hydrogen-bond acceptors (Lipinski definition) is 3. The number of rotatable bonds is 5. The molecule has 7 heteroatoms. The first-order chi connectivity index (χ1) is 8.24. The summed E-state index contributed by atoms with van der Waals surface area (Å²) in [6.45, 7) is 3.16. The summed E-state index contributed by atoms with van der Waals surface area (Å²) in [5.74, 6) is -1.77. The van der Waals surface area contributed by atoms with E-state index in [9.17, 15) is 17.2 Å². The van der Waals surface area contributed by atoms with Crippen LogP contribution in [0.3, 0.4) is 0 Å². The van der Waals surface area contributed by atoms with Crippen LogP contribution in [0, 0.1) is 11.6 Å². The van der Waals surface area contributed by atoms with E-state index in [1.54, 1.807) is 13.8 Å². The minimum Gasteiger partial charge on any atom is -0.380 e. The fourth-order valence-corrected chi connectivity index (χ4v) is 2.38. The summed E-state index contributed by atoms with van der Waals surface area (Å²) in [7, 11) is -3.20. The van der Waals surface area contributed by atoms with E-state index >= 15 is 0 Å². The average Bonchev–Trinajstić information content (AvgIpc) is 2.21. The largest absolute Gasteiger partial charge is 0.380 e. The van der Waals surface area contributed by atoms with E-state index in [2.05, 4.69) is 5.32 Å². The molecule has 0 heterocycles. The van der Waals surface area contributed by atoms with E-state index in [-0.39, 0.29) is 23.0 Å². The van der Waals surface area contributed by atoms with Gasteiger partial charge in [0.2, 0.25) is 0 Å². The van der Waals surface area contributed by atoms with Crippen molar-refractivity contribution < 1.29 is 17.2 Å². The number of nitrogens with one attached hydrogen (secondary N) is 1. The van der Waals surface area contributed by atoms with Gasteiger partial charge in [0, 0.05) is 12.6 Å². The second kappa shape index (κ2) is 5.84. The molecule has 0 spiro atoms. The Balaban J connectivity index is 2.71. The van der Waals surface area contributed by atoms with E-state index < -0.39 is 26.7 Å². The Morgan fingerprint density at radius 1 is 1.33 bits per heavy atom. The molecule has 0 atom stereocenters. The second-order valence-electron chi connectivity index (χ2n) is 4.09. The van der Waals surface area contributed by atoms with Crippen molar-refractivity contribution in [3.05, 3.63) is 28.8 Å². The highest BCUT2D eigenvalue weighted by Crippen LogP contribution is 2.26. The van der Waals surface area contributed by atoms with Crippen molar-refractivity contribution in [2.75, 3.05) is 17.6 Å². The molecular formula is C11H14ClF2NO2S. The van der Waals surface area contributed by atoms with Gasteiger partial charge >= 0.3 is 0 Å². The Bertz CT molecular complexity index is 509. The summed E-state index contributed by atoms with van der Waals surface area (Å²) < 4.78 is 49.2. The highest BCUT2D eigenvalue weighted by atomic mass is 35.5. The number of anilines is 1. The molecule has 0 bridgehead atoms. The average molecular weight is 298 g/mol.